The molecule has 0 bridgehead atoms. The Morgan fingerprint density at radius 1 is 1.14 bits per heavy atom. The number of amides is 1. The molecule has 3 aromatic rings. The van der Waals surface area contributed by atoms with Crippen molar-refractivity contribution in [2.75, 3.05) is 12.4 Å². The minimum Gasteiger partial charge on any atom is -0.493 e. The lowest BCUT2D eigenvalue weighted by Gasteiger charge is -2.14. The number of halogens is 1. The molecule has 8 nitrogen and oxygen atoms in total. The quantitative estimate of drug-likeness (QED) is 0.161. The van der Waals surface area contributed by atoms with Crippen molar-refractivity contribution in [3.63, 3.8) is 0 Å². The van der Waals surface area contributed by atoms with Crippen LogP contribution < -0.4 is 14.8 Å². The average molecular weight is 536 g/mol. The SMILES string of the molecule is COc1cc(/C=C(\C#N)C(=O)Nc2ccc(C)c(C)c2)cc(Br)c1OCc1ccc([N+](=O)[O-])cc1. The van der Waals surface area contributed by atoms with Crippen LogP contribution in [0.5, 0.6) is 11.5 Å². The lowest BCUT2D eigenvalue weighted by molar-refractivity contribution is -0.384. The Morgan fingerprint density at radius 3 is 2.46 bits per heavy atom. The van der Waals surface area contributed by atoms with E-state index in [4.69, 9.17) is 9.47 Å². The Bertz CT molecular complexity index is 1340. The van der Waals surface area contributed by atoms with Gasteiger partial charge in [0.1, 0.15) is 18.2 Å². The van der Waals surface area contributed by atoms with Gasteiger partial charge in [0, 0.05) is 17.8 Å². The van der Waals surface area contributed by atoms with Crippen LogP contribution in [0.3, 0.4) is 0 Å². The number of anilines is 1. The molecular formula is C26H22BrN3O5. The number of nitro groups is 1. The first-order valence-corrected chi connectivity index (χ1v) is 11.2. The predicted octanol–water partition coefficient (Wildman–Crippen LogP) is 6.11. The summed E-state index contributed by atoms with van der Waals surface area (Å²) in [6, 6.07) is 16.9. The van der Waals surface area contributed by atoms with Gasteiger partial charge in [-0.15, -0.1) is 0 Å². The second-order valence-corrected chi connectivity index (χ2v) is 8.52. The summed E-state index contributed by atoms with van der Waals surface area (Å²) in [5.74, 6) is 0.282. The van der Waals surface area contributed by atoms with Crippen molar-refractivity contribution in [1.82, 2.24) is 0 Å². The second-order valence-electron chi connectivity index (χ2n) is 7.67. The number of nitrogens with one attached hydrogen (secondary N) is 1. The van der Waals surface area contributed by atoms with Gasteiger partial charge < -0.3 is 14.8 Å². The zero-order valence-corrected chi connectivity index (χ0v) is 20.9. The van der Waals surface area contributed by atoms with Crippen molar-refractivity contribution in [1.29, 1.82) is 5.26 Å². The first-order chi connectivity index (χ1) is 16.7. The smallest absolute Gasteiger partial charge is 0.269 e. The van der Waals surface area contributed by atoms with Crippen LogP contribution >= 0.6 is 15.9 Å². The zero-order valence-electron chi connectivity index (χ0n) is 19.3. The van der Waals surface area contributed by atoms with Gasteiger partial charge in [0.25, 0.3) is 11.6 Å². The number of carbonyl (C=O) groups excluding carboxylic acids is 1. The molecule has 1 N–H and O–H groups in total. The highest BCUT2D eigenvalue weighted by Gasteiger charge is 2.15. The molecule has 0 saturated carbocycles. The maximum Gasteiger partial charge on any atom is 0.269 e. The normalized spacial score (nSPS) is 10.9. The molecule has 0 aliphatic rings. The molecule has 0 saturated heterocycles. The summed E-state index contributed by atoms with van der Waals surface area (Å²) in [4.78, 5) is 23.0. The molecular weight excluding hydrogens is 514 g/mol. The van der Waals surface area contributed by atoms with Crippen LogP contribution in [-0.4, -0.2) is 17.9 Å². The van der Waals surface area contributed by atoms with Crippen molar-refractivity contribution < 1.29 is 19.2 Å². The summed E-state index contributed by atoms with van der Waals surface area (Å²) >= 11 is 3.45. The number of carbonyl (C=O) groups is 1. The standard InChI is InChI=1S/C26H22BrN3O5/c1-16-4-7-21(10-17(16)2)29-26(31)20(14-28)11-19-12-23(27)25(24(13-19)34-3)35-15-18-5-8-22(9-6-18)30(32)33/h4-13H,15H2,1-3H3,(H,29,31)/b20-11+. The average Bonchev–Trinajstić information content (AvgIpc) is 2.84. The summed E-state index contributed by atoms with van der Waals surface area (Å²) in [5, 5.41) is 23.1. The molecule has 3 rings (SSSR count). The van der Waals surface area contributed by atoms with E-state index in [1.54, 1.807) is 30.3 Å². The second kappa shape index (κ2) is 11.3. The van der Waals surface area contributed by atoms with Crippen molar-refractivity contribution in [3.05, 3.63) is 97.0 Å². The van der Waals surface area contributed by atoms with Gasteiger partial charge in [0.05, 0.1) is 16.5 Å². The molecule has 1 amide bonds. The molecule has 0 fully saturated rings. The summed E-state index contributed by atoms with van der Waals surface area (Å²) < 4.78 is 11.9. The number of nitro benzene ring substituents is 1. The lowest BCUT2D eigenvalue weighted by Crippen LogP contribution is -2.13. The largest absolute Gasteiger partial charge is 0.493 e. The lowest BCUT2D eigenvalue weighted by atomic mass is 10.1. The summed E-state index contributed by atoms with van der Waals surface area (Å²) in [6.07, 6.45) is 1.46. The molecule has 35 heavy (non-hydrogen) atoms. The van der Waals surface area contributed by atoms with Gasteiger partial charge in [-0.05, 0) is 94.5 Å². The Kier molecular flexibility index (Phi) is 8.23. The highest BCUT2D eigenvalue weighted by atomic mass is 79.9. The number of hydrogen-bond donors (Lipinski definition) is 1. The number of hydrogen-bond acceptors (Lipinski definition) is 6. The highest BCUT2D eigenvalue weighted by molar-refractivity contribution is 9.10. The summed E-state index contributed by atoms with van der Waals surface area (Å²) in [7, 11) is 1.48. The van der Waals surface area contributed by atoms with E-state index in [1.165, 1.54) is 25.3 Å². The molecule has 3 aromatic carbocycles. The van der Waals surface area contributed by atoms with Gasteiger partial charge in [-0.25, -0.2) is 0 Å². The van der Waals surface area contributed by atoms with E-state index in [-0.39, 0.29) is 17.9 Å². The Labute approximate surface area is 211 Å². The molecule has 0 spiro atoms. The van der Waals surface area contributed by atoms with Gasteiger partial charge in [0.2, 0.25) is 0 Å². The fraction of sp³-hybridized carbons (Fsp3) is 0.154. The van der Waals surface area contributed by atoms with Gasteiger partial charge in [-0.3, -0.25) is 14.9 Å². The van der Waals surface area contributed by atoms with Crippen LogP contribution in [0, 0.1) is 35.3 Å². The third-order valence-corrected chi connectivity index (χ3v) is 5.81. The fourth-order valence-electron chi connectivity index (χ4n) is 3.17. The number of nitriles is 1. The number of non-ortho nitro benzene ring substituents is 1. The minimum absolute atomic E-state index is 0.00139. The third-order valence-electron chi connectivity index (χ3n) is 5.22. The molecule has 9 heteroatoms. The molecule has 0 aromatic heterocycles. The molecule has 0 atom stereocenters. The van der Waals surface area contributed by atoms with Crippen molar-refractivity contribution >= 4 is 39.3 Å². The van der Waals surface area contributed by atoms with Gasteiger partial charge in [-0.2, -0.15) is 5.26 Å². The number of aryl methyl sites for hydroxylation is 2. The van der Waals surface area contributed by atoms with Gasteiger partial charge in [-0.1, -0.05) is 6.07 Å². The predicted molar refractivity (Wildman–Crippen MR) is 136 cm³/mol. The molecule has 0 aliphatic carbocycles. The van der Waals surface area contributed by atoms with Crippen LogP contribution in [0.2, 0.25) is 0 Å². The highest BCUT2D eigenvalue weighted by Crippen LogP contribution is 2.38. The fourth-order valence-corrected chi connectivity index (χ4v) is 3.74. The van der Waals surface area contributed by atoms with E-state index in [9.17, 15) is 20.2 Å². The van der Waals surface area contributed by atoms with Crippen molar-refractivity contribution in [3.8, 4) is 17.6 Å². The monoisotopic (exact) mass is 535 g/mol. The summed E-state index contributed by atoms with van der Waals surface area (Å²) in [6.45, 7) is 4.08. The molecule has 0 heterocycles. The number of ether oxygens (including phenoxy) is 2. The van der Waals surface area contributed by atoms with Crippen LogP contribution in [0.25, 0.3) is 6.08 Å². The van der Waals surface area contributed by atoms with E-state index in [0.29, 0.717) is 27.2 Å². The van der Waals surface area contributed by atoms with Crippen molar-refractivity contribution in [2.45, 2.75) is 20.5 Å². The number of methoxy groups -OCH3 is 1. The number of rotatable bonds is 8. The van der Waals surface area contributed by atoms with Gasteiger partial charge in [0.15, 0.2) is 11.5 Å². The minimum atomic E-state index is -0.524. The van der Waals surface area contributed by atoms with Crippen LogP contribution in [0.1, 0.15) is 22.3 Å². The maximum absolute atomic E-state index is 12.7. The topological polar surface area (TPSA) is 114 Å². The van der Waals surface area contributed by atoms with Crippen molar-refractivity contribution in [2.24, 2.45) is 0 Å². The Morgan fingerprint density at radius 2 is 1.86 bits per heavy atom. The van der Waals surface area contributed by atoms with Crippen LogP contribution in [0.15, 0.2) is 64.6 Å². The summed E-state index contributed by atoms with van der Waals surface area (Å²) in [5.41, 5.74) is 3.96. The van der Waals surface area contributed by atoms with Gasteiger partial charge >= 0.3 is 0 Å². The van der Waals surface area contributed by atoms with E-state index in [2.05, 4.69) is 21.2 Å². The number of benzene rings is 3. The molecule has 0 aliphatic heterocycles. The molecule has 178 valence electrons. The Hall–Kier alpha value is -4.16. The van der Waals surface area contributed by atoms with E-state index in [0.717, 1.165) is 16.7 Å². The van der Waals surface area contributed by atoms with E-state index in [1.807, 2.05) is 32.0 Å². The third kappa shape index (κ3) is 6.46. The zero-order chi connectivity index (χ0) is 25.5. The first-order valence-electron chi connectivity index (χ1n) is 10.5. The Balaban J connectivity index is 1.79. The van der Waals surface area contributed by atoms with Crippen LogP contribution in [-0.2, 0) is 11.4 Å². The molecule has 0 radical (unpaired) electrons. The number of nitrogens with zero attached hydrogens (tertiary/aromatic N) is 2. The first kappa shape index (κ1) is 25.5. The molecule has 0 unspecified atom stereocenters. The van der Waals surface area contributed by atoms with Crippen LogP contribution in [0.4, 0.5) is 11.4 Å². The van der Waals surface area contributed by atoms with E-state index >= 15 is 0 Å². The van der Waals surface area contributed by atoms with E-state index < -0.39 is 10.8 Å². The maximum atomic E-state index is 12.7.